The van der Waals surface area contributed by atoms with Crippen LogP contribution in [0.2, 0.25) is 0 Å². The van der Waals surface area contributed by atoms with Crippen LogP contribution in [-0.4, -0.2) is 48.2 Å². The van der Waals surface area contributed by atoms with Crippen molar-refractivity contribution in [3.8, 4) is 0 Å². The summed E-state index contributed by atoms with van der Waals surface area (Å²) in [6.07, 6.45) is 4.23. The molecule has 0 aliphatic carbocycles. The Labute approximate surface area is 149 Å². The van der Waals surface area contributed by atoms with Crippen LogP contribution in [0.1, 0.15) is 37.3 Å². The van der Waals surface area contributed by atoms with Crippen LogP contribution in [0, 0.1) is 11.3 Å². The summed E-state index contributed by atoms with van der Waals surface area (Å²) in [5, 5.41) is 9.70. The molecule has 3 rings (SSSR count). The van der Waals surface area contributed by atoms with Crippen molar-refractivity contribution in [2.45, 2.75) is 39.0 Å². The minimum Gasteiger partial charge on any atom is -0.481 e. The van der Waals surface area contributed by atoms with Crippen LogP contribution in [0.25, 0.3) is 0 Å². The molecule has 0 aromatic heterocycles. The van der Waals surface area contributed by atoms with Gasteiger partial charge in [0, 0.05) is 25.6 Å². The van der Waals surface area contributed by atoms with Crippen molar-refractivity contribution < 1.29 is 19.4 Å². The number of likely N-dealkylation sites (tertiary alicyclic amines) is 1. The summed E-state index contributed by atoms with van der Waals surface area (Å²) >= 11 is 0. The Bertz CT molecular complexity index is 627. The lowest BCUT2D eigenvalue weighted by Gasteiger charge is -2.33. The van der Waals surface area contributed by atoms with Crippen LogP contribution < -0.4 is 0 Å². The normalized spacial score (nSPS) is 25.6. The van der Waals surface area contributed by atoms with Gasteiger partial charge in [0.1, 0.15) is 0 Å². The molecule has 1 N–H and O–H groups in total. The number of carbonyl (C=O) groups excluding carboxylic acids is 1. The second-order valence-electron chi connectivity index (χ2n) is 7.35. The number of aliphatic carboxylic acids is 1. The molecule has 2 heterocycles. The highest BCUT2D eigenvalue weighted by atomic mass is 16.5. The van der Waals surface area contributed by atoms with Crippen LogP contribution in [-0.2, 0) is 27.2 Å². The largest absolute Gasteiger partial charge is 0.481 e. The van der Waals surface area contributed by atoms with Crippen molar-refractivity contribution in [3.63, 3.8) is 0 Å². The molecule has 2 aliphatic heterocycles. The van der Waals surface area contributed by atoms with Crippen molar-refractivity contribution in [2.24, 2.45) is 11.3 Å². The zero-order valence-corrected chi connectivity index (χ0v) is 14.9. The number of ether oxygens (including phenoxy) is 1. The average Bonchev–Trinajstić information content (AvgIpc) is 3.02. The van der Waals surface area contributed by atoms with Crippen LogP contribution in [0.3, 0.4) is 0 Å². The van der Waals surface area contributed by atoms with Gasteiger partial charge in [-0.15, -0.1) is 0 Å². The van der Waals surface area contributed by atoms with Crippen molar-refractivity contribution >= 4 is 11.9 Å². The van der Waals surface area contributed by atoms with Gasteiger partial charge in [0.05, 0.1) is 18.4 Å². The van der Waals surface area contributed by atoms with Gasteiger partial charge in [-0.05, 0) is 30.4 Å². The van der Waals surface area contributed by atoms with E-state index in [2.05, 4.69) is 19.1 Å². The number of carboxylic acid groups (broad SMARTS) is 1. The smallest absolute Gasteiger partial charge is 0.311 e. The Balaban J connectivity index is 1.63. The first-order valence-electron chi connectivity index (χ1n) is 9.22. The third-order valence-electron chi connectivity index (χ3n) is 5.68. The van der Waals surface area contributed by atoms with Gasteiger partial charge >= 0.3 is 5.97 Å². The fourth-order valence-corrected chi connectivity index (χ4v) is 3.98. The van der Waals surface area contributed by atoms with Crippen molar-refractivity contribution in [1.82, 2.24) is 4.90 Å². The number of carboxylic acids is 1. The lowest BCUT2D eigenvalue weighted by Crippen LogP contribution is -2.45. The monoisotopic (exact) mass is 345 g/mol. The van der Waals surface area contributed by atoms with Crippen molar-refractivity contribution in [2.75, 3.05) is 26.3 Å². The maximum atomic E-state index is 12.7. The van der Waals surface area contributed by atoms with E-state index < -0.39 is 11.4 Å². The Morgan fingerprint density at radius 1 is 1.28 bits per heavy atom. The number of rotatable bonds is 6. The van der Waals surface area contributed by atoms with E-state index >= 15 is 0 Å². The Morgan fingerprint density at radius 3 is 2.64 bits per heavy atom. The third kappa shape index (κ3) is 3.71. The third-order valence-corrected chi connectivity index (χ3v) is 5.68. The van der Waals surface area contributed by atoms with E-state index in [0.29, 0.717) is 39.1 Å². The number of carbonyl (C=O) groups is 2. The summed E-state index contributed by atoms with van der Waals surface area (Å²) in [5.74, 6) is -0.883. The number of fused-ring (bicyclic) bond motifs is 1. The van der Waals surface area contributed by atoms with Gasteiger partial charge in [0.25, 0.3) is 0 Å². The predicted molar refractivity (Wildman–Crippen MR) is 94.3 cm³/mol. The van der Waals surface area contributed by atoms with Crippen LogP contribution in [0.4, 0.5) is 0 Å². The van der Waals surface area contributed by atoms with E-state index in [1.807, 2.05) is 12.1 Å². The summed E-state index contributed by atoms with van der Waals surface area (Å²) in [6.45, 7) is 3.87. The number of aryl methyl sites for hydroxylation is 1. The van der Waals surface area contributed by atoms with E-state index in [1.54, 1.807) is 4.90 Å². The van der Waals surface area contributed by atoms with E-state index in [9.17, 15) is 14.7 Å². The summed E-state index contributed by atoms with van der Waals surface area (Å²) in [7, 11) is 0. The average molecular weight is 345 g/mol. The highest BCUT2D eigenvalue weighted by Gasteiger charge is 2.54. The second kappa shape index (κ2) is 7.56. The van der Waals surface area contributed by atoms with Crippen LogP contribution >= 0.6 is 0 Å². The van der Waals surface area contributed by atoms with Crippen molar-refractivity contribution in [3.05, 3.63) is 35.4 Å². The molecule has 5 heteroatoms. The van der Waals surface area contributed by atoms with Crippen LogP contribution in [0.15, 0.2) is 24.3 Å². The van der Waals surface area contributed by atoms with Crippen molar-refractivity contribution in [1.29, 1.82) is 0 Å². The number of benzene rings is 1. The molecule has 2 fully saturated rings. The van der Waals surface area contributed by atoms with E-state index in [0.717, 1.165) is 12.0 Å². The lowest BCUT2D eigenvalue weighted by atomic mass is 9.74. The van der Waals surface area contributed by atoms with E-state index in [-0.39, 0.29) is 11.8 Å². The van der Waals surface area contributed by atoms with Gasteiger partial charge in [0.2, 0.25) is 5.91 Å². The first-order chi connectivity index (χ1) is 12.0. The molecule has 5 nitrogen and oxygen atoms in total. The van der Waals surface area contributed by atoms with E-state index in [1.165, 1.54) is 18.4 Å². The van der Waals surface area contributed by atoms with Gasteiger partial charge in [-0.2, -0.15) is 0 Å². The number of amides is 1. The molecular formula is C20H27NO4. The number of hydrogen-bond donors (Lipinski definition) is 1. The minimum atomic E-state index is -0.822. The standard InChI is InChI=1S/C20H27NO4/c1-2-3-4-15-5-7-16(8-6-15)11-18(22)21-12-17-13-25-10-9-20(17,14-21)19(23)24/h5-8,17H,2-4,9-14H2,1H3,(H,23,24)/t17-,20+/m0/s1. The zero-order valence-electron chi connectivity index (χ0n) is 14.9. The molecule has 0 spiro atoms. The van der Waals surface area contributed by atoms with Gasteiger partial charge in [-0.1, -0.05) is 37.6 Å². The molecule has 25 heavy (non-hydrogen) atoms. The minimum absolute atomic E-state index is 0.0105. The zero-order chi connectivity index (χ0) is 17.9. The molecule has 1 aromatic carbocycles. The number of nitrogens with zero attached hydrogens (tertiary/aromatic N) is 1. The Morgan fingerprint density at radius 2 is 2.00 bits per heavy atom. The second-order valence-corrected chi connectivity index (χ2v) is 7.35. The van der Waals surface area contributed by atoms with Gasteiger partial charge < -0.3 is 14.7 Å². The summed E-state index contributed by atoms with van der Waals surface area (Å²) in [4.78, 5) is 26.2. The summed E-state index contributed by atoms with van der Waals surface area (Å²) in [5.41, 5.74) is 1.46. The highest BCUT2D eigenvalue weighted by molar-refractivity contribution is 5.82. The van der Waals surface area contributed by atoms with Crippen LogP contribution in [0.5, 0.6) is 0 Å². The van der Waals surface area contributed by atoms with Gasteiger partial charge in [-0.3, -0.25) is 9.59 Å². The summed E-state index contributed by atoms with van der Waals surface area (Å²) < 4.78 is 5.45. The van der Waals surface area contributed by atoms with E-state index in [4.69, 9.17) is 4.74 Å². The fourth-order valence-electron chi connectivity index (χ4n) is 3.98. The first-order valence-corrected chi connectivity index (χ1v) is 9.22. The SMILES string of the molecule is CCCCc1ccc(CC(=O)N2C[C@H]3COCC[C@@]3(C(=O)O)C2)cc1. The highest BCUT2D eigenvalue weighted by Crippen LogP contribution is 2.42. The molecule has 0 saturated carbocycles. The molecule has 2 atom stereocenters. The first kappa shape index (κ1) is 17.9. The molecule has 136 valence electrons. The van der Waals surface area contributed by atoms with Gasteiger partial charge in [0.15, 0.2) is 0 Å². The summed E-state index contributed by atoms with van der Waals surface area (Å²) in [6, 6.07) is 8.22. The molecule has 2 saturated heterocycles. The number of hydrogen-bond acceptors (Lipinski definition) is 3. The topological polar surface area (TPSA) is 66.8 Å². The molecule has 2 aliphatic rings. The molecule has 1 amide bonds. The maximum Gasteiger partial charge on any atom is 0.311 e. The van der Waals surface area contributed by atoms with Gasteiger partial charge in [-0.25, -0.2) is 0 Å². The molecular weight excluding hydrogens is 318 g/mol. The Hall–Kier alpha value is -1.88. The molecule has 1 aromatic rings. The molecule has 0 bridgehead atoms. The molecule has 0 unspecified atom stereocenters. The predicted octanol–water partition coefficient (Wildman–Crippen LogP) is 2.52. The lowest BCUT2D eigenvalue weighted by molar-refractivity contribution is -0.157. The quantitative estimate of drug-likeness (QED) is 0.860. The Kier molecular flexibility index (Phi) is 5.42. The molecule has 0 radical (unpaired) electrons. The number of unbranched alkanes of at least 4 members (excludes halogenated alkanes) is 1. The maximum absolute atomic E-state index is 12.7. The fraction of sp³-hybridized carbons (Fsp3) is 0.600.